The van der Waals surface area contributed by atoms with Crippen molar-refractivity contribution in [2.45, 2.75) is 18.4 Å². The summed E-state index contributed by atoms with van der Waals surface area (Å²) in [5.74, 6) is -3.58. The van der Waals surface area contributed by atoms with Crippen LogP contribution in [-0.2, 0) is 4.79 Å². The molecule has 1 aliphatic rings. The molecule has 1 rings (SSSR count). The molecular formula is C9H16F2N2O2. The van der Waals surface area contributed by atoms with Crippen LogP contribution >= 0.6 is 0 Å². The first kappa shape index (κ1) is 12.3. The number of rotatable bonds is 4. The number of alkyl halides is 2. The Kier molecular flexibility index (Phi) is 3.62. The van der Waals surface area contributed by atoms with Crippen LogP contribution in [-0.4, -0.2) is 66.6 Å². The molecule has 0 radical (unpaired) electrons. The van der Waals surface area contributed by atoms with Crippen molar-refractivity contribution < 1.29 is 18.7 Å². The van der Waals surface area contributed by atoms with E-state index in [0.717, 1.165) is 0 Å². The van der Waals surface area contributed by atoms with E-state index >= 15 is 0 Å². The third kappa shape index (κ3) is 3.71. The van der Waals surface area contributed by atoms with E-state index in [9.17, 15) is 13.6 Å². The summed E-state index contributed by atoms with van der Waals surface area (Å²) < 4.78 is 26.0. The van der Waals surface area contributed by atoms with Crippen LogP contribution in [0.25, 0.3) is 0 Å². The fourth-order valence-corrected chi connectivity index (χ4v) is 1.92. The summed E-state index contributed by atoms with van der Waals surface area (Å²) >= 11 is 0. The van der Waals surface area contributed by atoms with Crippen LogP contribution in [0.2, 0.25) is 0 Å². The predicted molar refractivity (Wildman–Crippen MR) is 51.1 cm³/mol. The summed E-state index contributed by atoms with van der Waals surface area (Å²) in [6.07, 6.45) is -0.187. The minimum absolute atomic E-state index is 0.115. The van der Waals surface area contributed by atoms with Crippen LogP contribution in [0.15, 0.2) is 0 Å². The summed E-state index contributed by atoms with van der Waals surface area (Å²) in [6.45, 7) is 0.00682. The highest BCUT2D eigenvalue weighted by molar-refractivity contribution is 5.69. The maximum atomic E-state index is 13.0. The number of likely N-dealkylation sites (N-methyl/N-ethyl adjacent to an activating group) is 2. The molecule has 1 heterocycles. The molecule has 0 aromatic carbocycles. The summed E-state index contributed by atoms with van der Waals surface area (Å²) in [5, 5.41) is 8.52. The van der Waals surface area contributed by atoms with Gasteiger partial charge in [0.1, 0.15) is 0 Å². The van der Waals surface area contributed by atoms with Crippen molar-refractivity contribution in [3.8, 4) is 0 Å². The molecule has 0 aliphatic carbocycles. The van der Waals surface area contributed by atoms with Crippen LogP contribution in [0.3, 0.4) is 0 Å². The van der Waals surface area contributed by atoms with Gasteiger partial charge in [-0.3, -0.25) is 14.6 Å². The van der Waals surface area contributed by atoms with E-state index in [0.29, 0.717) is 6.54 Å². The third-order valence-electron chi connectivity index (χ3n) is 2.57. The second-order valence-corrected chi connectivity index (χ2v) is 4.22. The fraction of sp³-hybridized carbons (Fsp3) is 0.889. The van der Waals surface area contributed by atoms with Gasteiger partial charge in [-0.25, -0.2) is 8.78 Å². The van der Waals surface area contributed by atoms with Gasteiger partial charge in [-0.15, -0.1) is 0 Å². The highest BCUT2D eigenvalue weighted by atomic mass is 19.3. The van der Waals surface area contributed by atoms with E-state index in [-0.39, 0.29) is 25.6 Å². The molecule has 6 heteroatoms. The molecule has 4 nitrogen and oxygen atoms in total. The zero-order valence-electron chi connectivity index (χ0n) is 8.91. The average molecular weight is 222 g/mol. The minimum Gasteiger partial charge on any atom is -0.480 e. The van der Waals surface area contributed by atoms with Crippen molar-refractivity contribution in [1.82, 2.24) is 9.80 Å². The van der Waals surface area contributed by atoms with Crippen molar-refractivity contribution >= 4 is 5.97 Å². The molecular weight excluding hydrogens is 206 g/mol. The van der Waals surface area contributed by atoms with Crippen molar-refractivity contribution in [2.24, 2.45) is 0 Å². The lowest BCUT2D eigenvalue weighted by molar-refractivity contribution is -0.138. The van der Waals surface area contributed by atoms with E-state index in [4.69, 9.17) is 5.11 Å². The van der Waals surface area contributed by atoms with Crippen LogP contribution in [0, 0.1) is 0 Å². The number of carboxylic acid groups (broad SMARTS) is 1. The van der Waals surface area contributed by atoms with Crippen molar-refractivity contribution in [3.63, 3.8) is 0 Å². The maximum Gasteiger partial charge on any atom is 0.317 e. The normalized spacial score (nSPS) is 26.1. The van der Waals surface area contributed by atoms with E-state index < -0.39 is 11.9 Å². The zero-order valence-corrected chi connectivity index (χ0v) is 8.91. The lowest BCUT2D eigenvalue weighted by Gasteiger charge is -2.23. The first-order valence-corrected chi connectivity index (χ1v) is 4.78. The molecule has 15 heavy (non-hydrogen) atoms. The molecule has 0 bridgehead atoms. The van der Waals surface area contributed by atoms with Gasteiger partial charge in [0.05, 0.1) is 13.1 Å². The molecule has 0 saturated carbocycles. The predicted octanol–water partition coefficient (Wildman–Crippen LogP) is 0.342. The Morgan fingerprint density at radius 3 is 2.67 bits per heavy atom. The van der Waals surface area contributed by atoms with Gasteiger partial charge in [0.2, 0.25) is 0 Å². The summed E-state index contributed by atoms with van der Waals surface area (Å²) in [5.41, 5.74) is 0. The molecule has 88 valence electrons. The molecule has 0 aromatic rings. The zero-order chi connectivity index (χ0) is 11.6. The van der Waals surface area contributed by atoms with E-state index in [1.54, 1.807) is 23.9 Å². The smallest absolute Gasteiger partial charge is 0.317 e. The highest BCUT2D eigenvalue weighted by Crippen LogP contribution is 2.30. The Balaban J connectivity index is 2.42. The Labute approximate surface area is 87.5 Å². The Morgan fingerprint density at radius 2 is 2.27 bits per heavy atom. The molecule has 1 atom stereocenters. The number of hydrogen-bond acceptors (Lipinski definition) is 3. The molecule has 1 N–H and O–H groups in total. The SMILES string of the molecule is CN(CC(=O)O)CC1CC(F)(F)CN1C. The van der Waals surface area contributed by atoms with Crippen molar-refractivity contribution in [3.05, 3.63) is 0 Å². The molecule has 0 amide bonds. The number of hydrogen-bond donors (Lipinski definition) is 1. The van der Waals surface area contributed by atoms with Gasteiger partial charge in [-0.05, 0) is 14.1 Å². The Hall–Kier alpha value is -0.750. The summed E-state index contributed by atoms with van der Waals surface area (Å²) in [4.78, 5) is 13.5. The monoisotopic (exact) mass is 222 g/mol. The molecule has 0 spiro atoms. The van der Waals surface area contributed by atoms with Gasteiger partial charge in [0.25, 0.3) is 5.92 Å². The van der Waals surface area contributed by atoms with Gasteiger partial charge in [0.15, 0.2) is 0 Å². The largest absolute Gasteiger partial charge is 0.480 e. The topological polar surface area (TPSA) is 43.8 Å². The first-order chi connectivity index (χ1) is 6.80. The number of carbonyl (C=O) groups is 1. The number of aliphatic carboxylic acids is 1. The first-order valence-electron chi connectivity index (χ1n) is 4.78. The number of nitrogens with zero attached hydrogens (tertiary/aromatic N) is 2. The van der Waals surface area contributed by atoms with Gasteiger partial charge in [-0.2, -0.15) is 0 Å². The van der Waals surface area contributed by atoms with Crippen molar-refractivity contribution in [1.29, 1.82) is 0 Å². The summed E-state index contributed by atoms with van der Waals surface area (Å²) in [6, 6.07) is -0.260. The fourth-order valence-electron chi connectivity index (χ4n) is 1.92. The molecule has 1 saturated heterocycles. The van der Waals surface area contributed by atoms with Crippen LogP contribution in [0.5, 0.6) is 0 Å². The summed E-state index contributed by atoms with van der Waals surface area (Å²) in [7, 11) is 3.26. The van der Waals surface area contributed by atoms with Gasteiger partial charge >= 0.3 is 5.97 Å². The van der Waals surface area contributed by atoms with Gasteiger partial charge in [0, 0.05) is 19.0 Å². The number of carboxylic acids is 1. The second kappa shape index (κ2) is 4.40. The lowest BCUT2D eigenvalue weighted by atomic mass is 10.2. The highest BCUT2D eigenvalue weighted by Gasteiger charge is 2.43. The lowest BCUT2D eigenvalue weighted by Crippen LogP contribution is -2.38. The van der Waals surface area contributed by atoms with Gasteiger partial charge in [-0.1, -0.05) is 0 Å². The number of likely N-dealkylation sites (tertiary alicyclic amines) is 1. The average Bonchev–Trinajstić information content (AvgIpc) is 2.22. The molecule has 1 aliphatic heterocycles. The molecule has 1 unspecified atom stereocenters. The Morgan fingerprint density at radius 1 is 1.67 bits per heavy atom. The second-order valence-electron chi connectivity index (χ2n) is 4.22. The maximum absolute atomic E-state index is 13.0. The Bertz CT molecular complexity index is 248. The molecule has 1 fully saturated rings. The standard InChI is InChI=1S/C9H16F2N2O2/c1-12(5-8(14)15)4-7-3-9(10,11)6-13(7)2/h7H,3-6H2,1-2H3,(H,14,15). The van der Waals surface area contributed by atoms with E-state index in [2.05, 4.69) is 0 Å². The van der Waals surface area contributed by atoms with Crippen LogP contribution in [0.4, 0.5) is 8.78 Å². The van der Waals surface area contributed by atoms with Crippen LogP contribution in [0.1, 0.15) is 6.42 Å². The third-order valence-corrected chi connectivity index (χ3v) is 2.57. The van der Waals surface area contributed by atoms with Crippen LogP contribution < -0.4 is 0 Å². The van der Waals surface area contributed by atoms with E-state index in [1.165, 1.54) is 0 Å². The van der Waals surface area contributed by atoms with Crippen molar-refractivity contribution in [2.75, 3.05) is 33.7 Å². The van der Waals surface area contributed by atoms with E-state index in [1.807, 2.05) is 0 Å². The van der Waals surface area contributed by atoms with Gasteiger partial charge < -0.3 is 5.11 Å². The molecule has 0 aromatic heterocycles. The minimum atomic E-state index is -2.64. The quantitative estimate of drug-likeness (QED) is 0.745. The number of halogens is 2.